The van der Waals surface area contributed by atoms with Gasteiger partial charge in [0, 0.05) is 75.4 Å². The molecule has 2 amide bonds. The van der Waals surface area contributed by atoms with E-state index in [2.05, 4.69) is 55.6 Å². The molecule has 2 N–H and O–H groups in total. The first-order chi connectivity index (χ1) is 20.9. The Bertz CT molecular complexity index is 1380. The summed E-state index contributed by atoms with van der Waals surface area (Å²) in [6.07, 6.45) is 8.93. The van der Waals surface area contributed by atoms with Gasteiger partial charge < -0.3 is 24.8 Å². The number of rotatable bonds is 9. The van der Waals surface area contributed by atoms with Crippen LogP contribution in [0.1, 0.15) is 51.5 Å². The van der Waals surface area contributed by atoms with Gasteiger partial charge in [-0.25, -0.2) is 0 Å². The SMILES string of the molecule is CC(C)(Oc1cccc(N2CCC[C@H](C(=O)N(Cc3ccc(-c4cn[nH]c4)cc3)C3CCC3)C2)c1)C(=O)N1CCNCC1. The number of aromatic nitrogens is 2. The lowest BCUT2D eigenvalue weighted by atomic mass is 9.88. The fraction of sp³-hybridized carbons (Fsp3) is 0.500. The zero-order chi connectivity index (χ0) is 29.8. The molecule has 1 aliphatic carbocycles. The van der Waals surface area contributed by atoms with E-state index in [1.807, 2.05) is 49.3 Å². The summed E-state index contributed by atoms with van der Waals surface area (Å²) in [7, 11) is 0. The number of aromatic amines is 1. The number of piperidine rings is 1. The van der Waals surface area contributed by atoms with Gasteiger partial charge in [0.25, 0.3) is 5.91 Å². The van der Waals surface area contributed by atoms with Gasteiger partial charge in [-0.3, -0.25) is 14.7 Å². The Labute approximate surface area is 254 Å². The largest absolute Gasteiger partial charge is 0.478 e. The number of amides is 2. The first-order valence-corrected chi connectivity index (χ1v) is 15.8. The second kappa shape index (κ2) is 12.8. The molecule has 0 radical (unpaired) electrons. The lowest BCUT2D eigenvalue weighted by Crippen LogP contribution is -2.54. The van der Waals surface area contributed by atoms with Crippen LogP contribution in [0.2, 0.25) is 0 Å². The maximum absolute atomic E-state index is 14.1. The number of hydrogen-bond donors (Lipinski definition) is 2. The van der Waals surface area contributed by atoms with Gasteiger partial charge in [0.05, 0.1) is 12.1 Å². The molecule has 3 heterocycles. The normalized spacial score (nSPS) is 19.5. The second-order valence-electron chi connectivity index (χ2n) is 12.7. The monoisotopic (exact) mass is 584 g/mol. The van der Waals surface area contributed by atoms with Crippen molar-refractivity contribution >= 4 is 17.5 Å². The van der Waals surface area contributed by atoms with Crippen LogP contribution in [-0.2, 0) is 16.1 Å². The molecule has 9 heteroatoms. The average Bonchev–Trinajstić information content (AvgIpc) is 3.55. The van der Waals surface area contributed by atoms with Crippen LogP contribution in [0.25, 0.3) is 11.1 Å². The molecule has 43 heavy (non-hydrogen) atoms. The van der Waals surface area contributed by atoms with Crippen molar-refractivity contribution in [3.63, 3.8) is 0 Å². The van der Waals surface area contributed by atoms with Crippen molar-refractivity contribution < 1.29 is 14.3 Å². The van der Waals surface area contributed by atoms with Gasteiger partial charge in [0.1, 0.15) is 5.75 Å². The molecule has 3 aromatic rings. The molecule has 3 aliphatic rings. The number of anilines is 1. The molecular weight excluding hydrogens is 540 g/mol. The summed E-state index contributed by atoms with van der Waals surface area (Å²) >= 11 is 0. The summed E-state index contributed by atoms with van der Waals surface area (Å²) in [5.41, 5.74) is 3.40. The predicted molar refractivity (Wildman–Crippen MR) is 168 cm³/mol. The van der Waals surface area contributed by atoms with E-state index in [9.17, 15) is 9.59 Å². The van der Waals surface area contributed by atoms with Gasteiger partial charge in [0.2, 0.25) is 5.91 Å². The number of carbonyl (C=O) groups is 2. The first kappa shape index (κ1) is 29.2. The van der Waals surface area contributed by atoms with Crippen LogP contribution in [-0.4, -0.2) is 82.7 Å². The fourth-order valence-electron chi connectivity index (χ4n) is 6.47. The lowest BCUT2D eigenvalue weighted by Gasteiger charge is -2.42. The molecule has 0 unspecified atom stereocenters. The van der Waals surface area contributed by atoms with Crippen LogP contribution < -0.4 is 15.0 Å². The summed E-state index contributed by atoms with van der Waals surface area (Å²) in [4.78, 5) is 33.6. The second-order valence-corrected chi connectivity index (χ2v) is 12.7. The molecule has 6 rings (SSSR count). The molecular formula is C34H44N6O3. The quantitative estimate of drug-likeness (QED) is 0.386. The van der Waals surface area contributed by atoms with Gasteiger partial charge in [0.15, 0.2) is 5.60 Å². The summed E-state index contributed by atoms with van der Waals surface area (Å²) in [6.45, 7) is 8.94. The van der Waals surface area contributed by atoms with E-state index >= 15 is 0 Å². The minimum atomic E-state index is -0.962. The van der Waals surface area contributed by atoms with E-state index < -0.39 is 5.60 Å². The number of hydrogen-bond acceptors (Lipinski definition) is 6. The third-order valence-corrected chi connectivity index (χ3v) is 9.18. The predicted octanol–water partition coefficient (Wildman–Crippen LogP) is 4.46. The first-order valence-electron chi connectivity index (χ1n) is 15.8. The maximum atomic E-state index is 14.1. The Morgan fingerprint density at radius 1 is 1.00 bits per heavy atom. The van der Waals surface area contributed by atoms with Gasteiger partial charge in [-0.2, -0.15) is 5.10 Å². The molecule has 2 aromatic carbocycles. The summed E-state index contributed by atoms with van der Waals surface area (Å²) in [5, 5.41) is 10.2. The number of nitrogens with zero attached hydrogens (tertiary/aromatic N) is 4. The smallest absolute Gasteiger partial charge is 0.266 e. The Morgan fingerprint density at radius 2 is 1.79 bits per heavy atom. The third-order valence-electron chi connectivity index (χ3n) is 9.18. The van der Waals surface area contributed by atoms with Gasteiger partial charge in [-0.1, -0.05) is 30.3 Å². The number of carbonyl (C=O) groups excluding carboxylic acids is 2. The van der Waals surface area contributed by atoms with Crippen LogP contribution in [0, 0.1) is 5.92 Å². The van der Waals surface area contributed by atoms with E-state index in [1.165, 1.54) is 6.42 Å². The number of nitrogens with one attached hydrogen (secondary N) is 2. The summed E-state index contributed by atoms with van der Waals surface area (Å²) in [6, 6.07) is 16.8. The van der Waals surface area contributed by atoms with Crippen molar-refractivity contribution in [1.29, 1.82) is 0 Å². The minimum Gasteiger partial charge on any atom is -0.478 e. The van der Waals surface area contributed by atoms with Crippen molar-refractivity contribution in [2.75, 3.05) is 44.2 Å². The maximum Gasteiger partial charge on any atom is 0.266 e. The van der Waals surface area contributed by atoms with E-state index in [0.29, 0.717) is 38.0 Å². The van der Waals surface area contributed by atoms with E-state index in [4.69, 9.17) is 4.74 Å². The molecule has 3 fully saturated rings. The van der Waals surface area contributed by atoms with Crippen LogP contribution in [0.4, 0.5) is 5.69 Å². The van der Waals surface area contributed by atoms with E-state index in [-0.39, 0.29) is 17.7 Å². The number of H-pyrrole nitrogens is 1. The third kappa shape index (κ3) is 6.72. The highest BCUT2D eigenvalue weighted by atomic mass is 16.5. The molecule has 2 saturated heterocycles. The Hall–Kier alpha value is -3.85. The summed E-state index contributed by atoms with van der Waals surface area (Å²) < 4.78 is 6.29. The Balaban J connectivity index is 1.11. The van der Waals surface area contributed by atoms with Crippen molar-refractivity contribution in [2.45, 2.75) is 64.1 Å². The average molecular weight is 585 g/mol. The minimum absolute atomic E-state index is 0.00948. The van der Waals surface area contributed by atoms with Crippen LogP contribution >= 0.6 is 0 Å². The Morgan fingerprint density at radius 3 is 2.49 bits per heavy atom. The van der Waals surface area contributed by atoms with Crippen LogP contribution in [0.5, 0.6) is 5.75 Å². The molecule has 0 bridgehead atoms. The zero-order valence-electron chi connectivity index (χ0n) is 25.4. The van der Waals surface area contributed by atoms with Crippen molar-refractivity contribution in [3.05, 3.63) is 66.5 Å². The van der Waals surface area contributed by atoms with Crippen molar-refractivity contribution in [3.8, 4) is 16.9 Å². The summed E-state index contributed by atoms with van der Waals surface area (Å²) in [5.74, 6) is 0.906. The number of piperazine rings is 1. The van der Waals surface area contributed by atoms with E-state index in [0.717, 1.165) is 67.7 Å². The zero-order valence-corrected chi connectivity index (χ0v) is 25.4. The molecule has 1 atom stereocenters. The van der Waals surface area contributed by atoms with Crippen molar-refractivity contribution in [2.24, 2.45) is 5.92 Å². The van der Waals surface area contributed by atoms with Crippen LogP contribution in [0.15, 0.2) is 60.9 Å². The molecule has 1 saturated carbocycles. The molecule has 1 aromatic heterocycles. The van der Waals surface area contributed by atoms with Gasteiger partial charge >= 0.3 is 0 Å². The standard InChI is InChI=1S/C34H44N6O3/c1-34(2,33(42)38-18-15-35-16-19-38)43-31-10-4-9-30(20-31)39-17-5-6-27(24-39)32(41)40(29-7-3-8-29)23-25-11-13-26(14-12-25)28-21-36-37-22-28/h4,9-14,20-22,27,29,35H,3,5-8,15-19,23-24H2,1-2H3,(H,36,37)/t27-/m0/s1. The highest BCUT2D eigenvalue weighted by Gasteiger charge is 2.36. The number of benzene rings is 2. The van der Waals surface area contributed by atoms with Crippen molar-refractivity contribution in [1.82, 2.24) is 25.3 Å². The van der Waals surface area contributed by atoms with Gasteiger partial charge in [-0.05, 0) is 69.2 Å². The van der Waals surface area contributed by atoms with E-state index in [1.54, 1.807) is 0 Å². The highest BCUT2D eigenvalue weighted by Crippen LogP contribution is 2.33. The number of ether oxygens (including phenoxy) is 1. The molecule has 0 spiro atoms. The van der Waals surface area contributed by atoms with Crippen LogP contribution in [0.3, 0.4) is 0 Å². The molecule has 9 nitrogen and oxygen atoms in total. The molecule has 228 valence electrons. The lowest BCUT2D eigenvalue weighted by molar-refractivity contribution is -0.146. The fourth-order valence-corrected chi connectivity index (χ4v) is 6.47. The topological polar surface area (TPSA) is 93.8 Å². The molecule has 2 aliphatic heterocycles. The Kier molecular flexibility index (Phi) is 8.70. The van der Waals surface area contributed by atoms with Gasteiger partial charge in [-0.15, -0.1) is 0 Å². The highest BCUT2D eigenvalue weighted by molar-refractivity contribution is 5.85.